The van der Waals surface area contributed by atoms with E-state index in [2.05, 4.69) is 16.4 Å². The van der Waals surface area contributed by atoms with Crippen LogP contribution in [0.1, 0.15) is 18.4 Å². The summed E-state index contributed by atoms with van der Waals surface area (Å²) < 4.78 is 0. The number of pyridine rings is 1. The normalized spacial score (nSPS) is 11.3. The molecular formula is C27H20Cl3N3O. The van der Waals surface area contributed by atoms with Crippen molar-refractivity contribution in [2.75, 3.05) is 5.32 Å². The third kappa shape index (κ3) is 4.62. The van der Waals surface area contributed by atoms with Gasteiger partial charge in [0.05, 0.1) is 32.6 Å². The van der Waals surface area contributed by atoms with Crippen molar-refractivity contribution in [3.05, 3.63) is 93.4 Å². The first-order valence-corrected chi connectivity index (χ1v) is 12.0. The van der Waals surface area contributed by atoms with Gasteiger partial charge < -0.3 is 10.3 Å². The minimum absolute atomic E-state index is 0.141. The highest BCUT2D eigenvalue weighted by Crippen LogP contribution is 2.34. The van der Waals surface area contributed by atoms with Gasteiger partial charge >= 0.3 is 0 Å². The topological polar surface area (TPSA) is 57.8 Å². The molecule has 0 aliphatic rings. The van der Waals surface area contributed by atoms with Crippen molar-refractivity contribution in [3.8, 4) is 11.4 Å². The van der Waals surface area contributed by atoms with Gasteiger partial charge in [0, 0.05) is 27.7 Å². The molecule has 0 unspecified atom stereocenters. The number of aromatic nitrogens is 2. The number of H-pyrrole nitrogens is 1. The summed E-state index contributed by atoms with van der Waals surface area (Å²) in [6, 6.07) is 23.0. The van der Waals surface area contributed by atoms with Crippen LogP contribution < -0.4 is 5.32 Å². The number of hydrogen-bond donors (Lipinski definition) is 2. The molecule has 0 saturated carbocycles. The first-order valence-electron chi connectivity index (χ1n) is 10.9. The van der Waals surface area contributed by atoms with E-state index in [-0.39, 0.29) is 5.91 Å². The van der Waals surface area contributed by atoms with Gasteiger partial charge in [-0.1, -0.05) is 65.1 Å². The van der Waals surface area contributed by atoms with Crippen molar-refractivity contribution in [1.82, 2.24) is 9.97 Å². The third-order valence-corrected chi connectivity index (χ3v) is 6.65. The molecule has 4 nitrogen and oxygen atoms in total. The predicted octanol–water partition coefficient (Wildman–Crippen LogP) is 8.30. The van der Waals surface area contributed by atoms with E-state index in [1.165, 1.54) is 0 Å². The molecule has 34 heavy (non-hydrogen) atoms. The summed E-state index contributed by atoms with van der Waals surface area (Å²) in [6.45, 7) is 0. The molecule has 0 atom stereocenters. The molecule has 0 aliphatic heterocycles. The summed E-state index contributed by atoms with van der Waals surface area (Å²) in [7, 11) is 0. The smallest absolute Gasteiger partial charge is 0.224 e. The molecule has 0 aliphatic carbocycles. The van der Waals surface area contributed by atoms with Crippen LogP contribution in [0.5, 0.6) is 0 Å². The van der Waals surface area contributed by atoms with E-state index >= 15 is 0 Å². The lowest BCUT2D eigenvalue weighted by Crippen LogP contribution is -2.12. The number of amides is 1. The Morgan fingerprint density at radius 1 is 0.912 bits per heavy atom. The summed E-state index contributed by atoms with van der Waals surface area (Å²) in [5.41, 5.74) is 5.24. The molecule has 0 bridgehead atoms. The lowest BCUT2D eigenvalue weighted by Gasteiger charge is -2.10. The number of carbonyl (C=O) groups excluding carboxylic acids is 1. The van der Waals surface area contributed by atoms with Crippen LogP contribution in [0.2, 0.25) is 15.1 Å². The van der Waals surface area contributed by atoms with Gasteiger partial charge in [-0.3, -0.25) is 4.79 Å². The average molecular weight is 509 g/mol. The van der Waals surface area contributed by atoms with E-state index in [4.69, 9.17) is 39.8 Å². The molecule has 170 valence electrons. The molecule has 0 saturated heterocycles. The highest BCUT2D eigenvalue weighted by atomic mass is 35.5. The number of halogens is 3. The number of carbonyl (C=O) groups is 1. The summed E-state index contributed by atoms with van der Waals surface area (Å²) in [5, 5.41) is 6.44. The molecule has 3 aromatic carbocycles. The molecule has 7 heteroatoms. The van der Waals surface area contributed by atoms with Crippen molar-refractivity contribution in [3.63, 3.8) is 0 Å². The maximum absolute atomic E-state index is 12.6. The van der Waals surface area contributed by atoms with E-state index < -0.39 is 0 Å². The van der Waals surface area contributed by atoms with E-state index in [1.54, 1.807) is 18.2 Å². The Balaban J connectivity index is 1.41. The van der Waals surface area contributed by atoms with Crippen LogP contribution in [0, 0.1) is 0 Å². The Morgan fingerprint density at radius 3 is 2.53 bits per heavy atom. The summed E-state index contributed by atoms with van der Waals surface area (Å²) in [6.07, 6.45) is 1.63. The van der Waals surface area contributed by atoms with Gasteiger partial charge in [-0.25, -0.2) is 4.98 Å². The predicted molar refractivity (Wildman–Crippen MR) is 142 cm³/mol. The molecule has 2 aromatic heterocycles. The lowest BCUT2D eigenvalue weighted by molar-refractivity contribution is -0.116. The number of aryl methyl sites for hydroxylation is 1. The fourth-order valence-electron chi connectivity index (χ4n) is 4.15. The summed E-state index contributed by atoms with van der Waals surface area (Å²) >= 11 is 18.7. The third-order valence-electron chi connectivity index (χ3n) is 5.78. The van der Waals surface area contributed by atoms with Gasteiger partial charge in [-0.2, -0.15) is 0 Å². The molecule has 0 radical (unpaired) electrons. The molecule has 5 rings (SSSR count). The van der Waals surface area contributed by atoms with Gasteiger partial charge in [-0.05, 0) is 60.9 Å². The monoisotopic (exact) mass is 507 g/mol. The zero-order valence-corrected chi connectivity index (χ0v) is 20.3. The SMILES string of the molecule is O=C(CCCc1c(-c2ccc3ccccc3n2)[nH]c2ccc(Cl)cc12)Nc1c(Cl)cccc1Cl. The minimum atomic E-state index is -0.141. The van der Waals surface area contributed by atoms with E-state index in [9.17, 15) is 4.79 Å². The lowest BCUT2D eigenvalue weighted by atomic mass is 10.0. The Morgan fingerprint density at radius 2 is 1.71 bits per heavy atom. The zero-order chi connectivity index (χ0) is 23.7. The minimum Gasteiger partial charge on any atom is -0.353 e. The van der Waals surface area contributed by atoms with Gasteiger partial charge in [0.1, 0.15) is 0 Å². The van der Waals surface area contributed by atoms with Gasteiger partial charge in [-0.15, -0.1) is 0 Å². The van der Waals surface area contributed by atoms with Crippen LogP contribution in [0.4, 0.5) is 5.69 Å². The average Bonchev–Trinajstić information content (AvgIpc) is 3.19. The van der Waals surface area contributed by atoms with Crippen LogP contribution in [-0.2, 0) is 11.2 Å². The molecule has 0 fully saturated rings. The number of fused-ring (bicyclic) bond motifs is 2. The van der Waals surface area contributed by atoms with E-state index in [0.29, 0.717) is 40.0 Å². The number of para-hydroxylation sites is 2. The van der Waals surface area contributed by atoms with Crippen molar-refractivity contribution >= 4 is 68.2 Å². The van der Waals surface area contributed by atoms with Crippen LogP contribution in [-0.4, -0.2) is 15.9 Å². The zero-order valence-electron chi connectivity index (χ0n) is 18.0. The highest BCUT2D eigenvalue weighted by molar-refractivity contribution is 6.39. The van der Waals surface area contributed by atoms with Gasteiger partial charge in [0.15, 0.2) is 0 Å². The molecule has 2 N–H and O–H groups in total. The highest BCUT2D eigenvalue weighted by Gasteiger charge is 2.16. The second-order valence-corrected chi connectivity index (χ2v) is 9.31. The van der Waals surface area contributed by atoms with Crippen LogP contribution in [0.15, 0.2) is 72.8 Å². The Bertz CT molecular complexity index is 1510. The fraction of sp³-hybridized carbons (Fsp3) is 0.111. The molecule has 5 aromatic rings. The Labute approximate surface area is 211 Å². The van der Waals surface area contributed by atoms with Crippen molar-refractivity contribution in [1.29, 1.82) is 0 Å². The first-order chi connectivity index (χ1) is 16.5. The number of nitrogens with one attached hydrogen (secondary N) is 2. The number of hydrogen-bond acceptors (Lipinski definition) is 2. The van der Waals surface area contributed by atoms with Crippen molar-refractivity contribution in [2.45, 2.75) is 19.3 Å². The molecular weight excluding hydrogens is 489 g/mol. The molecule has 2 heterocycles. The van der Waals surface area contributed by atoms with Crippen LogP contribution >= 0.6 is 34.8 Å². The summed E-state index contributed by atoms with van der Waals surface area (Å²) in [4.78, 5) is 21.0. The number of benzene rings is 3. The largest absolute Gasteiger partial charge is 0.353 e. The Hall–Kier alpha value is -3.05. The second kappa shape index (κ2) is 9.67. The van der Waals surface area contributed by atoms with E-state index in [1.807, 2.05) is 48.5 Å². The first kappa shape index (κ1) is 22.7. The van der Waals surface area contributed by atoms with Gasteiger partial charge in [0.2, 0.25) is 5.91 Å². The number of aromatic amines is 1. The van der Waals surface area contributed by atoms with Crippen LogP contribution in [0.25, 0.3) is 33.2 Å². The van der Waals surface area contributed by atoms with Crippen LogP contribution in [0.3, 0.4) is 0 Å². The maximum atomic E-state index is 12.6. The van der Waals surface area contributed by atoms with Gasteiger partial charge in [0.25, 0.3) is 0 Å². The standard InChI is InChI=1S/C27H20Cl3N3O/c28-17-12-14-23-19(15-17)18(6-3-10-25(34)33-27-20(29)7-4-8-21(27)30)26(32-23)24-13-11-16-5-1-2-9-22(16)31-24/h1-2,4-5,7-9,11-15,32H,3,6,10H2,(H,33,34). The molecule has 1 amide bonds. The molecule has 0 spiro atoms. The summed E-state index contributed by atoms with van der Waals surface area (Å²) in [5.74, 6) is -0.141. The second-order valence-electron chi connectivity index (χ2n) is 8.06. The Kier molecular flexibility index (Phi) is 6.46. The van der Waals surface area contributed by atoms with E-state index in [0.717, 1.165) is 38.8 Å². The number of anilines is 1. The quantitative estimate of drug-likeness (QED) is 0.242. The van der Waals surface area contributed by atoms with Crippen molar-refractivity contribution < 1.29 is 4.79 Å². The van der Waals surface area contributed by atoms with Crippen molar-refractivity contribution in [2.24, 2.45) is 0 Å². The maximum Gasteiger partial charge on any atom is 0.224 e. The number of nitrogens with zero attached hydrogens (tertiary/aromatic N) is 1. The fourth-order valence-corrected chi connectivity index (χ4v) is 4.81. The number of rotatable bonds is 6.